The Morgan fingerprint density at radius 1 is 1.26 bits per heavy atom. The van der Waals surface area contributed by atoms with Crippen molar-refractivity contribution in [3.05, 3.63) is 0 Å². The van der Waals surface area contributed by atoms with Gasteiger partial charge >= 0.3 is 0 Å². The van der Waals surface area contributed by atoms with Gasteiger partial charge in [-0.3, -0.25) is 0 Å². The Bertz CT molecular complexity index is 295. The molecule has 0 unspecified atom stereocenters. The summed E-state index contributed by atoms with van der Waals surface area (Å²) in [5.74, 6) is 0.252. The standard InChI is InChI=1S/C14H29N3O2/c1-13(2,12(15)17-19)9-10-16-11-14(18)7-5-3-4-6-8-14/h16,18-19H,3-11H2,1-2H3,(H2,15,17). The van der Waals surface area contributed by atoms with Gasteiger partial charge in [-0.05, 0) is 25.8 Å². The number of rotatable bonds is 6. The van der Waals surface area contributed by atoms with Crippen LogP contribution in [-0.2, 0) is 0 Å². The number of nitrogens with zero attached hydrogens (tertiary/aromatic N) is 1. The van der Waals surface area contributed by atoms with E-state index in [1.807, 2.05) is 13.8 Å². The molecule has 0 aromatic carbocycles. The zero-order valence-electron chi connectivity index (χ0n) is 12.3. The summed E-state index contributed by atoms with van der Waals surface area (Å²) in [6.45, 7) is 5.29. The van der Waals surface area contributed by atoms with E-state index in [1.165, 1.54) is 12.8 Å². The first kappa shape index (κ1) is 16.2. The molecule has 1 fully saturated rings. The van der Waals surface area contributed by atoms with E-state index in [-0.39, 0.29) is 11.3 Å². The van der Waals surface area contributed by atoms with Crippen LogP contribution < -0.4 is 11.1 Å². The van der Waals surface area contributed by atoms with E-state index < -0.39 is 5.60 Å². The first-order valence-electron chi connectivity index (χ1n) is 7.31. The Balaban J connectivity index is 2.30. The third-order valence-corrected chi connectivity index (χ3v) is 4.22. The maximum atomic E-state index is 10.5. The van der Waals surface area contributed by atoms with Gasteiger partial charge in [-0.1, -0.05) is 44.7 Å². The molecule has 0 saturated heterocycles. The molecule has 19 heavy (non-hydrogen) atoms. The number of amidine groups is 1. The number of nitrogens with two attached hydrogens (primary N) is 1. The lowest BCUT2D eigenvalue weighted by molar-refractivity contribution is 0.0251. The molecule has 0 bridgehead atoms. The number of hydrogen-bond acceptors (Lipinski definition) is 4. The van der Waals surface area contributed by atoms with Gasteiger partial charge in [0.2, 0.25) is 0 Å². The summed E-state index contributed by atoms with van der Waals surface area (Å²) in [6.07, 6.45) is 7.27. The fraction of sp³-hybridized carbons (Fsp3) is 0.929. The minimum absolute atomic E-state index is 0.252. The Hall–Kier alpha value is -0.810. The van der Waals surface area contributed by atoms with Crippen molar-refractivity contribution in [1.29, 1.82) is 0 Å². The Kier molecular flexibility index (Phi) is 6.07. The largest absolute Gasteiger partial charge is 0.409 e. The quantitative estimate of drug-likeness (QED) is 0.148. The summed E-state index contributed by atoms with van der Waals surface area (Å²) in [6, 6.07) is 0. The van der Waals surface area contributed by atoms with E-state index in [1.54, 1.807) is 0 Å². The van der Waals surface area contributed by atoms with Crippen molar-refractivity contribution >= 4 is 5.84 Å². The van der Waals surface area contributed by atoms with Crippen molar-refractivity contribution in [2.45, 2.75) is 64.4 Å². The van der Waals surface area contributed by atoms with E-state index in [0.29, 0.717) is 6.54 Å². The van der Waals surface area contributed by atoms with E-state index in [9.17, 15) is 5.11 Å². The third kappa shape index (κ3) is 5.37. The molecular weight excluding hydrogens is 242 g/mol. The maximum Gasteiger partial charge on any atom is 0.144 e. The molecule has 1 aliphatic carbocycles. The average Bonchev–Trinajstić information content (AvgIpc) is 2.59. The molecule has 1 aliphatic rings. The lowest BCUT2D eigenvalue weighted by Crippen LogP contribution is -2.42. The Morgan fingerprint density at radius 3 is 2.37 bits per heavy atom. The van der Waals surface area contributed by atoms with E-state index in [0.717, 1.165) is 38.6 Å². The molecule has 0 aliphatic heterocycles. The van der Waals surface area contributed by atoms with E-state index >= 15 is 0 Å². The Morgan fingerprint density at radius 2 is 1.84 bits per heavy atom. The molecule has 0 radical (unpaired) electrons. The topological polar surface area (TPSA) is 90.9 Å². The highest BCUT2D eigenvalue weighted by Crippen LogP contribution is 2.26. The summed E-state index contributed by atoms with van der Waals surface area (Å²) in [5.41, 5.74) is 4.78. The van der Waals surface area contributed by atoms with Crippen LogP contribution in [0.5, 0.6) is 0 Å². The highest BCUT2D eigenvalue weighted by molar-refractivity contribution is 5.85. The van der Waals surface area contributed by atoms with E-state index in [2.05, 4.69) is 10.5 Å². The molecule has 0 aromatic rings. The van der Waals surface area contributed by atoms with Gasteiger partial charge in [0, 0.05) is 12.0 Å². The van der Waals surface area contributed by atoms with Gasteiger partial charge in [0.1, 0.15) is 5.84 Å². The van der Waals surface area contributed by atoms with E-state index in [4.69, 9.17) is 10.9 Å². The van der Waals surface area contributed by atoms with Crippen molar-refractivity contribution in [3.8, 4) is 0 Å². The van der Waals surface area contributed by atoms with Crippen LogP contribution in [0.15, 0.2) is 5.16 Å². The van der Waals surface area contributed by atoms with Crippen LogP contribution in [0.1, 0.15) is 58.8 Å². The average molecular weight is 271 g/mol. The SMILES string of the molecule is CC(C)(CCNCC1(O)CCCCCC1)C(N)=NO. The van der Waals surface area contributed by atoms with Gasteiger partial charge in [0.15, 0.2) is 0 Å². The van der Waals surface area contributed by atoms with Crippen LogP contribution in [0, 0.1) is 5.41 Å². The zero-order valence-corrected chi connectivity index (χ0v) is 12.3. The fourth-order valence-corrected chi connectivity index (χ4v) is 2.55. The van der Waals surface area contributed by atoms with Crippen LogP contribution >= 0.6 is 0 Å². The van der Waals surface area contributed by atoms with Crippen LogP contribution in [0.4, 0.5) is 0 Å². The number of aliphatic hydroxyl groups is 1. The van der Waals surface area contributed by atoms with Crippen molar-refractivity contribution in [1.82, 2.24) is 5.32 Å². The summed E-state index contributed by atoms with van der Waals surface area (Å²) >= 11 is 0. The monoisotopic (exact) mass is 271 g/mol. The van der Waals surface area contributed by atoms with Crippen LogP contribution in [0.25, 0.3) is 0 Å². The van der Waals surface area contributed by atoms with Crippen molar-refractivity contribution in [2.75, 3.05) is 13.1 Å². The molecular formula is C14H29N3O2. The zero-order chi connectivity index (χ0) is 14.4. The van der Waals surface area contributed by atoms with Crippen LogP contribution in [0.3, 0.4) is 0 Å². The summed E-state index contributed by atoms with van der Waals surface area (Å²) in [4.78, 5) is 0. The Labute approximate surface area is 116 Å². The molecule has 5 heteroatoms. The predicted octanol–water partition coefficient (Wildman–Crippen LogP) is 1.82. The van der Waals surface area contributed by atoms with Crippen LogP contribution in [-0.4, -0.2) is 34.8 Å². The number of hydrogen-bond donors (Lipinski definition) is 4. The predicted molar refractivity (Wildman–Crippen MR) is 77.3 cm³/mol. The molecule has 0 aromatic heterocycles. The normalized spacial score (nSPS) is 21.1. The van der Waals surface area contributed by atoms with Gasteiger partial charge in [-0.15, -0.1) is 0 Å². The van der Waals surface area contributed by atoms with Gasteiger partial charge in [0.05, 0.1) is 5.60 Å². The van der Waals surface area contributed by atoms with Crippen molar-refractivity contribution in [3.63, 3.8) is 0 Å². The van der Waals surface area contributed by atoms with Crippen molar-refractivity contribution < 1.29 is 10.3 Å². The summed E-state index contributed by atoms with van der Waals surface area (Å²) < 4.78 is 0. The lowest BCUT2D eigenvalue weighted by atomic mass is 9.88. The minimum atomic E-state index is -0.544. The molecule has 0 atom stereocenters. The van der Waals surface area contributed by atoms with Crippen LogP contribution in [0.2, 0.25) is 0 Å². The fourth-order valence-electron chi connectivity index (χ4n) is 2.55. The lowest BCUT2D eigenvalue weighted by Gasteiger charge is -2.28. The highest BCUT2D eigenvalue weighted by atomic mass is 16.4. The molecule has 0 amide bonds. The first-order chi connectivity index (χ1) is 8.90. The number of oxime groups is 1. The first-order valence-corrected chi connectivity index (χ1v) is 7.31. The maximum absolute atomic E-state index is 10.5. The molecule has 112 valence electrons. The second-order valence-electron chi connectivity index (χ2n) is 6.43. The van der Waals surface area contributed by atoms with Gasteiger partial charge in [0.25, 0.3) is 0 Å². The minimum Gasteiger partial charge on any atom is -0.409 e. The van der Waals surface area contributed by atoms with Gasteiger partial charge in [-0.25, -0.2) is 0 Å². The second kappa shape index (κ2) is 7.10. The smallest absolute Gasteiger partial charge is 0.144 e. The highest BCUT2D eigenvalue weighted by Gasteiger charge is 2.28. The van der Waals surface area contributed by atoms with Gasteiger partial charge in [-0.2, -0.15) is 0 Å². The van der Waals surface area contributed by atoms with Gasteiger partial charge < -0.3 is 21.4 Å². The molecule has 0 heterocycles. The third-order valence-electron chi connectivity index (χ3n) is 4.22. The molecule has 5 N–H and O–H groups in total. The second-order valence-corrected chi connectivity index (χ2v) is 6.43. The summed E-state index contributed by atoms with van der Waals surface area (Å²) in [5, 5.41) is 25.6. The van der Waals surface area contributed by atoms with Crippen molar-refractivity contribution in [2.24, 2.45) is 16.3 Å². The molecule has 1 saturated carbocycles. The number of nitrogens with one attached hydrogen (secondary N) is 1. The summed E-state index contributed by atoms with van der Waals surface area (Å²) in [7, 11) is 0. The molecule has 5 nitrogen and oxygen atoms in total. The molecule has 0 spiro atoms. The molecule has 1 rings (SSSR count).